The Balaban J connectivity index is 1.68. The van der Waals surface area contributed by atoms with Crippen molar-refractivity contribution in [3.63, 3.8) is 0 Å². The summed E-state index contributed by atoms with van der Waals surface area (Å²) in [5.41, 5.74) is 3.26. The summed E-state index contributed by atoms with van der Waals surface area (Å²) in [4.78, 5) is 7.40. The molecule has 0 bridgehead atoms. The fourth-order valence-electron chi connectivity index (χ4n) is 3.68. The molecule has 0 radical (unpaired) electrons. The zero-order valence-electron chi connectivity index (χ0n) is 13.7. The number of aromatic nitrogens is 3. The molecule has 1 aliphatic rings. The highest BCUT2D eigenvalue weighted by Gasteiger charge is 2.31. The molecule has 0 N–H and O–H groups in total. The molecule has 3 heterocycles. The third-order valence-corrected chi connectivity index (χ3v) is 4.70. The molecule has 0 amide bonds. The van der Waals surface area contributed by atoms with E-state index in [1.54, 1.807) is 0 Å². The van der Waals surface area contributed by atoms with Gasteiger partial charge in [-0.25, -0.2) is 4.98 Å². The van der Waals surface area contributed by atoms with Crippen LogP contribution in [0.5, 0.6) is 0 Å². The maximum Gasteiger partial charge on any atom is 0.150 e. The van der Waals surface area contributed by atoms with E-state index in [1.165, 1.54) is 17.8 Å². The molecule has 23 heavy (non-hydrogen) atoms. The van der Waals surface area contributed by atoms with Crippen molar-refractivity contribution in [1.29, 1.82) is 0 Å². The maximum absolute atomic E-state index is 5.41. The van der Waals surface area contributed by atoms with Crippen LogP contribution in [-0.4, -0.2) is 26.2 Å². The Morgan fingerprint density at radius 2 is 2.17 bits per heavy atom. The van der Waals surface area contributed by atoms with E-state index >= 15 is 0 Å². The molecule has 5 heteroatoms. The van der Waals surface area contributed by atoms with Gasteiger partial charge in [0, 0.05) is 12.6 Å². The number of likely N-dealkylation sites (tertiary alicyclic amines) is 1. The van der Waals surface area contributed by atoms with Crippen molar-refractivity contribution in [2.75, 3.05) is 6.54 Å². The monoisotopic (exact) mass is 310 g/mol. The average Bonchev–Trinajstić information content (AvgIpc) is 3.25. The number of imidazole rings is 1. The van der Waals surface area contributed by atoms with Crippen molar-refractivity contribution in [2.45, 2.75) is 45.8 Å². The van der Waals surface area contributed by atoms with Gasteiger partial charge in [0.1, 0.15) is 5.82 Å². The molecule has 1 aromatic carbocycles. The number of rotatable bonds is 4. The first-order chi connectivity index (χ1) is 11.3. The molecule has 2 aromatic heterocycles. The number of hydrogen-bond donors (Lipinski definition) is 0. The lowest BCUT2D eigenvalue weighted by Crippen LogP contribution is -2.25. The first-order valence-electron chi connectivity index (χ1n) is 8.37. The maximum atomic E-state index is 5.41. The molecule has 1 fully saturated rings. The van der Waals surface area contributed by atoms with Crippen molar-refractivity contribution in [3.05, 3.63) is 47.6 Å². The van der Waals surface area contributed by atoms with Crippen LogP contribution in [0.1, 0.15) is 43.1 Å². The number of aryl methyl sites for hydroxylation is 2. The van der Waals surface area contributed by atoms with Crippen LogP contribution in [0.2, 0.25) is 0 Å². The van der Waals surface area contributed by atoms with E-state index in [1.807, 2.05) is 13.0 Å². The van der Waals surface area contributed by atoms with Crippen LogP contribution in [0.3, 0.4) is 0 Å². The summed E-state index contributed by atoms with van der Waals surface area (Å²) in [7, 11) is 0. The summed E-state index contributed by atoms with van der Waals surface area (Å²) in [6, 6.07) is 10.8. The minimum Gasteiger partial charge on any atom is -0.360 e. The van der Waals surface area contributed by atoms with Gasteiger partial charge in [0.2, 0.25) is 0 Å². The highest BCUT2D eigenvalue weighted by atomic mass is 16.5. The third-order valence-electron chi connectivity index (χ3n) is 4.70. The molecule has 3 aromatic rings. The van der Waals surface area contributed by atoms with Crippen LogP contribution in [0.25, 0.3) is 11.0 Å². The van der Waals surface area contributed by atoms with Crippen molar-refractivity contribution < 1.29 is 4.52 Å². The summed E-state index contributed by atoms with van der Waals surface area (Å²) < 4.78 is 7.76. The number of para-hydroxylation sites is 2. The molecule has 120 valence electrons. The summed E-state index contributed by atoms with van der Waals surface area (Å²) in [6.45, 7) is 6.99. The van der Waals surface area contributed by atoms with E-state index in [2.05, 4.69) is 45.8 Å². The Hall–Kier alpha value is -2.14. The predicted octanol–water partition coefficient (Wildman–Crippen LogP) is 3.69. The second-order valence-corrected chi connectivity index (χ2v) is 6.27. The van der Waals surface area contributed by atoms with Crippen LogP contribution < -0.4 is 0 Å². The average molecular weight is 310 g/mol. The quantitative estimate of drug-likeness (QED) is 0.737. The van der Waals surface area contributed by atoms with Gasteiger partial charge in [0.05, 0.1) is 29.3 Å². The van der Waals surface area contributed by atoms with Gasteiger partial charge in [0.25, 0.3) is 0 Å². The molecular formula is C18H22N4O. The minimum atomic E-state index is 0.354. The molecular weight excluding hydrogens is 288 g/mol. The molecule has 0 aliphatic carbocycles. The van der Waals surface area contributed by atoms with Crippen LogP contribution in [-0.2, 0) is 13.1 Å². The summed E-state index contributed by atoms with van der Waals surface area (Å²) in [5, 5.41) is 4.00. The van der Waals surface area contributed by atoms with E-state index in [4.69, 9.17) is 9.51 Å². The number of benzene rings is 1. The van der Waals surface area contributed by atoms with E-state index in [-0.39, 0.29) is 0 Å². The molecule has 1 atom stereocenters. The Morgan fingerprint density at radius 1 is 1.30 bits per heavy atom. The third kappa shape index (κ3) is 2.55. The van der Waals surface area contributed by atoms with E-state index in [9.17, 15) is 0 Å². The number of nitrogens with zero attached hydrogens (tertiary/aromatic N) is 4. The lowest BCUT2D eigenvalue weighted by Gasteiger charge is -2.23. The molecule has 5 nitrogen and oxygen atoms in total. The van der Waals surface area contributed by atoms with E-state index < -0.39 is 0 Å². The van der Waals surface area contributed by atoms with Crippen molar-refractivity contribution in [1.82, 2.24) is 19.6 Å². The topological polar surface area (TPSA) is 47.1 Å². The fraction of sp³-hybridized carbons (Fsp3) is 0.444. The SMILES string of the molecule is CCn1c([C@@H]2CCCN2Cc2cc(C)no2)nc2ccccc21. The van der Waals surface area contributed by atoms with Gasteiger partial charge in [0.15, 0.2) is 5.76 Å². The Bertz CT molecular complexity index is 819. The van der Waals surface area contributed by atoms with Gasteiger partial charge in [-0.05, 0) is 45.4 Å². The van der Waals surface area contributed by atoms with Crippen LogP contribution in [0.4, 0.5) is 0 Å². The Kier molecular flexibility index (Phi) is 3.65. The second kappa shape index (κ2) is 5.81. The summed E-state index contributed by atoms with van der Waals surface area (Å²) in [6.07, 6.45) is 2.35. The summed E-state index contributed by atoms with van der Waals surface area (Å²) in [5.74, 6) is 2.12. The van der Waals surface area contributed by atoms with Gasteiger partial charge in [-0.15, -0.1) is 0 Å². The molecule has 0 saturated carbocycles. The summed E-state index contributed by atoms with van der Waals surface area (Å²) >= 11 is 0. The first-order valence-corrected chi connectivity index (χ1v) is 8.37. The van der Waals surface area contributed by atoms with Crippen molar-refractivity contribution >= 4 is 11.0 Å². The molecule has 4 rings (SSSR count). The second-order valence-electron chi connectivity index (χ2n) is 6.27. The number of fused-ring (bicyclic) bond motifs is 1. The van der Waals surface area contributed by atoms with Crippen molar-refractivity contribution in [3.8, 4) is 0 Å². The fourth-order valence-corrected chi connectivity index (χ4v) is 3.68. The highest BCUT2D eigenvalue weighted by molar-refractivity contribution is 5.76. The van der Waals surface area contributed by atoms with Crippen LogP contribution >= 0.6 is 0 Å². The van der Waals surface area contributed by atoms with Gasteiger partial charge in [-0.1, -0.05) is 17.3 Å². The highest BCUT2D eigenvalue weighted by Crippen LogP contribution is 2.34. The van der Waals surface area contributed by atoms with Gasteiger partial charge < -0.3 is 9.09 Å². The van der Waals surface area contributed by atoms with Gasteiger partial charge in [-0.3, -0.25) is 4.90 Å². The molecule has 0 spiro atoms. The molecule has 1 aliphatic heterocycles. The Morgan fingerprint density at radius 3 is 2.96 bits per heavy atom. The predicted molar refractivity (Wildman–Crippen MR) is 89.0 cm³/mol. The van der Waals surface area contributed by atoms with E-state index in [0.29, 0.717) is 6.04 Å². The van der Waals surface area contributed by atoms with Gasteiger partial charge >= 0.3 is 0 Å². The zero-order valence-corrected chi connectivity index (χ0v) is 13.7. The minimum absolute atomic E-state index is 0.354. The molecule has 0 unspecified atom stereocenters. The lowest BCUT2D eigenvalue weighted by molar-refractivity contribution is 0.207. The normalized spacial score (nSPS) is 19.0. The van der Waals surface area contributed by atoms with Crippen LogP contribution in [0.15, 0.2) is 34.9 Å². The largest absolute Gasteiger partial charge is 0.360 e. The first kappa shape index (κ1) is 14.5. The smallest absolute Gasteiger partial charge is 0.150 e. The van der Waals surface area contributed by atoms with Crippen LogP contribution in [0, 0.1) is 6.92 Å². The zero-order chi connectivity index (χ0) is 15.8. The van der Waals surface area contributed by atoms with Gasteiger partial charge in [-0.2, -0.15) is 0 Å². The number of hydrogen-bond acceptors (Lipinski definition) is 4. The van der Waals surface area contributed by atoms with E-state index in [0.717, 1.165) is 43.0 Å². The van der Waals surface area contributed by atoms with Crippen molar-refractivity contribution in [2.24, 2.45) is 0 Å². The molecule has 1 saturated heterocycles. The Labute approximate surface area is 135 Å². The lowest BCUT2D eigenvalue weighted by atomic mass is 10.2. The standard InChI is InChI=1S/C18H22N4O/c1-3-22-16-8-5-4-7-15(16)19-18(22)17-9-6-10-21(17)12-14-11-13(2)20-23-14/h4-5,7-8,11,17H,3,6,9-10,12H2,1-2H3/t17-/m0/s1.